The first-order chi connectivity index (χ1) is 12.2. The van der Waals surface area contributed by atoms with Crippen molar-refractivity contribution in [2.75, 3.05) is 27.6 Å². The molecule has 1 aliphatic rings. The van der Waals surface area contributed by atoms with Crippen molar-refractivity contribution in [1.82, 2.24) is 4.90 Å². The lowest BCUT2D eigenvalue weighted by molar-refractivity contribution is 0.171. The van der Waals surface area contributed by atoms with E-state index in [1.54, 1.807) is 14.2 Å². The van der Waals surface area contributed by atoms with E-state index in [4.69, 9.17) is 18.9 Å². The van der Waals surface area contributed by atoms with Gasteiger partial charge in [0.25, 0.3) is 0 Å². The maximum absolute atomic E-state index is 5.51. The van der Waals surface area contributed by atoms with Gasteiger partial charge in [0, 0.05) is 19.6 Å². The van der Waals surface area contributed by atoms with Gasteiger partial charge in [-0.2, -0.15) is 0 Å². The Morgan fingerprint density at radius 3 is 2.68 bits per heavy atom. The van der Waals surface area contributed by atoms with Gasteiger partial charge in [-0.25, -0.2) is 0 Å². The fourth-order valence-corrected chi connectivity index (χ4v) is 2.93. The highest BCUT2D eigenvalue weighted by Gasteiger charge is 2.20. The largest absolute Gasteiger partial charge is 0.497 e. The summed E-state index contributed by atoms with van der Waals surface area (Å²) in [5, 5.41) is 0. The maximum atomic E-state index is 5.51. The number of fused-ring (bicyclic) bond motifs is 1. The molecular formula is C20H23NO4. The predicted molar refractivity (Wildman–Crippen MR) is 96.4 cm³/mol. The van der Waals surface area contributed by atoms with Crippen molar-refractivity contribution in [2.24, 2.45) is 0 Å². The zero-order valence-corrected chi connectivity index (χ0v) is 14.7. The highest BCUT2D eigenvalue weighted by atomic mass is 16.7. The second-order valence-corrected chi connectivity index (χ2v) is 5.84. The molecule has 0 fully saturated rings. The summed E-state index contributed by atoms with van der Waals surface area (Å²) in [6, 6.07) is 12.1. The molecule has 0 amide bonds. The number of nitrogens with zero attached hydrogens (tertiary/aromatic N) is 1. The molecule has 25 heavy (non-hydrogen) atoms. The lowest BCUT2D eigenvalue weighted by Gasteiger charge is -2.21. The van der Waals surface area contributed by atoms with Gasteiger partial charge in [-0.1, -0.05) is 18.2 Å². The van der Waals surface area contributed by atoms with E-state index in [1.165, 1.54) is 5.56 Å². The molecule has 0 saturated heterocycles. The van der Waals surface area contributed by atoms with Gasteiger partial charge < -0.3 is 18.9 Å². The van der Waals surface area contributed by atoms with Crippen LogP contribution in [-0.2, 0) is 13.1 Å². The molecule has 1 heterocycles. The molecule has 0 N–H and O–H groups in total. The van der Waals surface area contributed by atoms with E-state index >= 15 is 0 Å². The highest BCUT2D eigenvalue weighted by molar-refractivity contribution is 5.55. The Bertz CT molecular complexity index is 744. The first-order valence-electron chi connectivity index (χ1n) is 8.16. The summed E-state index contributed by atoms with van der Waals surface area (Å²) in [5.74, 6) is 2.97. The van der Waals surface area contributed by atoms with Crippen LogP contribution >= 0.6 is 0 Å². The summed E-state index contributed by atoms with van der Waals surface area (Å²) in [7, 11) is 3.32. The quantitative estimate of drug-likeness (QED) is 0.686. The molecule has 132 valence electrons. The van der Waals surface area contributed by atoms with E-state index in [1.807, 2.05) is 30.3 Å². The number of ether oxygens (including phenoxy) is 4. The summed E-state index contributed by atoms with van der Waals surface area (Å²) in [5.41, 5.74) is 2.29. The van der Waals surface area contributed by atoms with E-state index in [9.17, 15) is 0 Å². The van der Waals surface area contributed by atoms with Crippen molar-refractivity contribution >= 4 is 0 Å². The minimum atomic E-state index is 0.231. The van der Waals surface area contributed by atoms with Crippen molar-refractivity contribution in [1.29, 1.82) is 0 Å². The van der Waals surface area contributed by atoms with Gasteiger partial charge in [0.2, 0.25) is 12.5 Å². The molecule has 5 nitrogen and oxygen atoms in total. The average Bonchev–Trinajstić information content (AvgIpc) is 3.10. The van der Waals surface area contributed by atoms with Crippen LogP contribution in [0.4, 0.5) is 0 Å². The van der Waals surface area contributed by atoms with Gasteiger partial charge in [-0.05, 0) is 35.4 Å². The molecule has 0 aromatic heterocycles. The SMILES string of the molecule is C=CCN(Cc1cccc(OC)c1)Cc1cc(OC)c2c(c1)OCO2. The summed E-state index contributed by atoms with van der Waals surface area (Å²) in [6.07, 6.45) is 1.91. The summed E-state index contributed by atoms with van der Waals surface area (Å²) in [4.78, 5) is 2.29. The van der Waals surface area contributed by atoms with Crippen LogP contribution in [0.1, 0.15) is 11.1 Å². The van der Waals surface area contributed by atoms with Gasteiger partial charge in [0.05, 0.1) is 14.2 Å². The number of methoxy groups -OCH3 is 2. The molecule has 0 unspecified atom stereocenters. The smallest absolute Gasteiger partial charge is 0.231 e. The molecule has 0 spiro atoms. The molecule has 2 aromatic carbocycles. The molecule has 0 aliphatic carbocycles. The third kappa shape index (κ3) is 4.06. The number of hydrogen-bond donors (Lipinski definition) is 0. The van der Waals surface area contributed by atoms with Crippen molar-refractivity contribution in [3.63, 3.8) is 0 Å². The van der Waals surface area contributed by atoms with Gasteiger partial charge in [-0.15, -0.1) is 6.58 Å². The topological polar surface area (TPSA) is 40.2 Å². The van der Waals surface area contributed by atoms with Crippen LogP contribution in [0.2, 0.25) is 0 Å². The first kappa shape index (κ1) is 17.2. The van der Waals surface area contributed by atoms with E-state index in [0.29, 0.717) is 11.5 Å². The molecular weight excluding hydrogens is 318 g/mol. The Kier molecular flexibility index (Phi) is 5.46. The first-order valence-corrected chi connectivity index (χ1v) is 8.16. The Hall–Kier alpha value is -2.66. The second kappa shape index (κ2) is 7.94. The van der Waals surface area contributed by atoms with Gasteiger partial charge in [0.15, 0.2) is 11.5 Å². The van der Waals surface area contributed by atoms with Crippen LogP contribution in [0.5, 0.6) is 23.0 Å². The minimum Gasteiger partial charge on any atom is -0.497 e. The van der Waals surface area contributed by atoms with Crippen LogP contribution in [0.3, 0.4) is 0 Å². The van der Waals surface area contributed by atoms with Crippen molar-refractivity contribution in [2.45, 2.75) is 13.1 Å². The van der Waals surface area contributed by atoms with E-state index in [0.717, 1.165) is 36.7 Å². The number of benzene rings is 2. The molecule has 0 atom stereocenters. The average molecular weight is 341 g/mol. The monoisotopic (exact) mass is 341 g/mol. The van der Waals surface area contributed by atoms with Crippen LogP contribution in [0.15, 0.2) is 49.1 Å². The van der Waals surface area contributed by atoms with E-state index in [2.05, 4.69) is 23.6 Å². The summed E-state index contributed by atoms with van der Waals surface area (Å²) >= 11 is 0. The summed E-state index contributed by atoms with van der Waals surface area (Å²) in [6.45, 7) is 6.41. The lowest BCUT2D eigenvalue weighted by Crippen LogP contribution is -2.22. The fraction of sp³-hybridized carbons (Fsp3) is 0.300. The molecule has 3 rings (SSSR count). The normalized spacial score (nSPS) is 12.3. The summed E-state index contributed by atoms with van der Waals surface area (Å²) < 4.78 is 21.7. The zero-order valence-electron chi connectivity index (χ0n) is 14.7. The van der Waals surface area contributed by atoms with Gasteiger partial charge in [0.1, 0.15) is 5.75 Å². The molecule has 0 saturated carbocycles. The fourth-order valence-electron chi connectivity index (χ4n) is 2.93. The number of rotatable bonds is 8. The molecule has 5 heteroatoms. The Morgan fingerprint density at radius 1 is 1.08 bits per heavy atom. The van der Waals surface area contributed by atoms with Crippen molar-refractivity contribution in [3.8, 4) is 23.0 Å². The van der Waals surface area contributed by atoms with Crippen LogP contribution in [-0.4, -0.2) is 32.5 Å². The predicted octanol–water partition coefficient (Wildman–Crippen LogP) is 3.62. The molecule has 1 aliphatic heterocycles. The van der Waals surface area contributed by atoms with Crippen LogP contribution < -0.4 is 18.9 Å². The molecule has 2 aromatic rings. The maximum Gasteiger partial charge on any atom is 0.231 e. The molecule has 0 bridgehead atoms. The highest BCUT2D eigenvalue weighted by Crippen LogP contribution is 2.42. The van der Waals surface area contributed by atoms with Crippen molar-refractivity contribution < 1.29 is 18.9 Å². The zero-order chi connectivity index (χ0) is 17.6. The van der Waals surface area contributed by atoms with E-state index in [-0.39, 0.29) is 6.79 Å². The third-order valence-corrected chi connectivity index (χ3v) is 4.05. The third-order valence-electron chi connectivity index (χ3n) is 4.05. The van der Waals surface area contributed by atoms with Gasteiger partial charge >= 0.3 is 0 Å². The minimum absolute atomic E-state index is 0.231. The Morgan fingerprint density at radius 2 is 1.92 bits per heavy atom. The Labute approximate surface area is 148 Å². The van der Waals surface area contributed by atoms with E-state index < -0.39 is 0 Å². The Balaban J connectivity index is 1.78. The van der Waals surface area contributed by atoms with Gasteiger partial charge in [-0.3, -0.25) is 4.90 Å². The lowest BCUT2D eigenvalue weighted by atomic mass is 10.1. The van der Waals surface area contributed by atoms with Crippen molar-refractivity contribution in [3.05, 3.63) is 60.2 Å². The van der Waals surface area contributed by atoms with Crippen LogP contribution in [0.25, 0.3) is 0 Å². The second-order valence-electron chi connectivity index (χ2n) is 5.84. The van der Waals surface area contributed by atoms with Crippen LogP contribution in [0, 0.1) is 0 Å². The standard InChI is InChI=1S/C20H23NO4/c1-4-8-21(12-15-6-5-7-17(9-15)22-2)13-16-10-18(23-3)20-19(11-16)24-14-25-20/h4-7,9-11H,1,8,12-14H2,2-3H3. The number of hydrogen-bond acceptors (Lipinski definition) is 5. The molecule has 0 radical (unpaired) electrons.